The quantitative estimate of drug-likeness (QED) is 0.0925. The minimum atomic E-state index is 0.797. The largest absolute Gasteiger partial charge is 0.399 e. The van der Waals surface area contributed by atoms with Crippen LogP contribution < -0.4 is 11.5 Å². The van der Waals surface area contributed by atoms with E-state index in [-0.39, 0.29) is 0 Å². The van der Waals surface area contributed by atoms with Crippen LogP contribution in [0, 0.1) is 0 Å². The van der Waals surface area contributed by atoms with Crippen LogP contribution in [0.3, 0.4) is 0 Å². The van der Waals surface area contributed by atoms with Gasteiger partial charge in [-0.05, 0) is 76.7 Å². The first-order valence-corrected chi connectivity index (χ1v) is 13.7. The topological polar surface area (TPSA) is 52.0 Å². The molecular formula is C33H44N3+. The third-order valence-electron chi connectivity index (χ3n) is 7.37. The molecule has 3 nitrogen and oxygen atoms in total. The summed E-state index contributed by atoms with van der Waals surface area (Å²) in [6.45, 7) is 1.28. The van der Waals surface area contributed by atoms with Gasteiger partial charge < -0.3 is 16.0 Å². The van der Waals surface area contributed by atoms with Gasteiger partial charge in [0, 0.05) is 16.8 Å². The minimum Gasteiger partial charge on any atom is -0.399 e. The molecule has 0 aliphatic heterocycles. The van der Waals surface area contributed by atoms with Crippen LogP contribution in [0.25, 0.3) is 32.7 Å². The van der Waals surface area contributed by atoms with Gasteiger partial charge in [-0.1, -0.05) is 80.6 Å². The fourth-order valence-corrected chi connectivity index (χ4v) is 5.44. The van der Waals surface area contributed by atoms with Gasteiger partial charge in [-0.15, -0.1) is 0 Å². The summed E-state index contributed by atoms with van der Waals surface area (Å²) in [5.41, 5.74) is 18.4. The zero-order chi connectivity index (χ0) is 25.5. The Balaban J connectivity index is 1.50. The number of benzene rings is 4. The highest BCUT2D eigenvalue weighted by Crippen LogP contribution is 2.39. The van der Waals surface area contributed by atoms with Gasteiger partial charge in [0.1, 0.15) is 0 Å². The molecule has 4 aromatic rings. The number of hydrogen-bond donors (Lipinski definition) is 2. The number of nitrogens with zero attached hydrogens (tertiary/aromatic N) is 1. The van der Waals surface area contributed by atoms with Gasteiger partial charge in [0.25, 0.3) is 0 Å². The van der Waals surface area contributed by atoms with Gasteiger partial charge in [0.2, 0.25) is 0 Å². The maximum absolute atomic E-state index is 6.63. The second kappa shape index (κ2) is 11.8. The molecule has 0 saturated heterocycles. The lowest BCUT2D eigenvalue weighted by Crippen LogP contribution is -2.35. The lowest BCUT2D eigenvalue weighted by molar-refractivity contribution is -0.870. The summed E-state index contributed by atoms with van der Waals surface area (Å²) < 4.78 is 1.08. The first-order valence-electron chi connectivity index (χ1n) is 13.7. The van der Waals surface area contributed by atoms with Crippen LogP contribution in [0.4, 0.5) is 11.4 Å². The first kappa shape index (κ1) is 26.0. The summed E-state index contributed by atoms with van der Waals surface area (Å²) in [5, 5.41) is 4.83. The van der Waals surface area contributed by atoms with E-state index in [2.05, 4.69) is 81.8 Å². The Morgan fingerprint density at radius 1 is 0.639 bits per heavy atom. The van der Waals surface area contributed by atoms with Crippen molar-refractivity contribution in [2.75, 3.05) is 39.2 Å². The van der Waals surface area contributed by atoms with Gasteiger partial charge in [-0.25, -0.2) is 0 Å². The third kappa shape index (κ3) is 6.59. The highest BCUT2D eigenvalue weighted by Gasteiger charge is 2.15. The van der Waals surface area contributed by atoms with Crippen molar-refractivity contribution in [3.8, 4) is 11.1 Å². The summed E-state index contributed by atoms with van der Waals surface area (Å²) in [5.74, 6) is 0. The summed E-state index contributed by atoms with van der Waals surface area (Å²) in [7, 11) is 6.85. The van der Waals surface area contributed by atoms with Gasteiger partial charge in [-0.3, -0.25) is 0 Å². The second-order valence-electron chi connectivity index (χ2n) is 11.4. The zero-order valence-corrected chi connectivity index (χ0v) is 22.5. The Bertz CT molecular complexity index is 1290. The van der Waals surface area contributed by atoms with Crippen molar-refractivity contribution >= 4 is 32.9 Å². The summed E-state index contributed by atoms with van der Waals surface area (Å²) in [6.07, 6.45) is 11.6. The Hall–Kier alpha value is -3.04. The number of nitrogens with two attached hydrogens (primary N) is 2. The molecule has 4 aromatic carbocycles. The molecule has 0 saturated carbocycles. The van der Waals surface area contributed by atoms with E-state index in [1.165, 1.54) is 90.8 Å². The lowest BCUT2D eigenvalue weighted by Gasteiger charge is -2.23. The molecule has 0 aliphatic carbocycles. The van der Waals surface area contributed by atoms with Crippen LogP contribution in [0.1, 0.15) is 56.9 Å². The molecule has 4 rings (SSSR count). The van der Waals surface area contributed by atoms with Crippen molar-refractivity contribution < 1.29 is 4.48 Å². The maximum atomic E-state index is 6.63. The number of unbranched alkanes of at least 4 members (excludes halogenated alkanes) is 7. The molecule has 0 spiro atoms. The molecule has 4 N–H and O–H groups in total. The number of quaternary nitrogens is 1. The number of nitrogen functional groups attached to an aromatic ring is 2. The molecule has 0 fully saturated rings. The Morgan fingerprint density at radius 2 is 1.28 bits per heavy atom. The molecule has 0 atom stereocenters. The predicted molar refractivity (Wildman–Crippen MR) is 159 cm³/mol. The van der Waals surface area contributed by atoms with Crippen LogP contribution in [0.5, 0.6) is 0 Å². The van der Waals surface area contributed by atoms with E-state index in [0.29, 0.717) is 0 Å². The molecule has 190 valence electrons. The molecule has 0 amide bonds. The van der Waals surface area contributed by atoms with Crippen LogP contribution in [-0.2, 0) is 6.42 Å². The number of rotatable bonds is 12. The van der Waals surface area contributed by atoms with Crippen LogP contribution in [0.2, 0.25) is 0 Å². The van der Waals surface area contributed by atoms with Crippen molar-refractivity contribution in [2.45, 2.75) is 57.8 Å². The molecule has 3 heteroatoms. The van der Waals surface area contributed by atoms with E-state index in [4.69, 9.17) is 11.5 Å². The van der Waals surface area contributed by atoms with Crippen LogP contribution in [0.15, 0.2) is 66.7 Å². The zero-order valence-electron chi connectivity index (χ0n) is 22.5. The number of aryl methyl sites for hydroxylation is 1. The molecule has 0 aliphatic rings. The summed E-state index contributed by atoms with van der Waals surface area (Å²) >= 11 is 0. The molecular weight excluding hydrogens is 438 g/mol. The van der Waals surface area contributed by atoms with Crippen molar-refractivity contribution in [2.24, 2.45) is 0 Å². The lowest BCUT2D eigenvalue weighted by atomic mass is 9.87. The van der Waals surface area contributed by atoms with Crippen molar-refractivity contribution in [1.29, 1.82) is 0 Å². The monoisotopic (exact) mass is 482 g/mol. The van der Waals surface area contributed by atoms with E-state index in [9.17, 15) is 0 Å². The SMILES string of the molecule is C[N+](C)(C)CCCCCCCCCCc1c(-c2ccccc2)cc(N)c2ccc3ccc(N)cc3c12. The van der Waals surface area contributed by atoms with E-state index in [1.807, 2.05) is 6.07 Å². The highest BCUT2D eigenvalue weighted by molar-refractivity contribution is 6.15. The standard InChI is InChI=1S/C33H44N3/c1-36(2,3)22-14-9-7-5-4-6-8-13-17-28-30(25-15-11-10-12-16-25)24-32(35)29-21-19-26-18-20-27(34)23-31(26)33(28)29/h10-12,15-16,18-21,23-24H,4-9,13-14,17,22,34-35H2,1-3H3/q+1. The number of hydrogen-bond acceptors (Lipinski definition) is 2. The second-order valence-corrected chi connectivity index (χ2v) is 11.4. The fourth-order valence-electron chi connectivity index (χ4n) is 5.44. The Kier molecular flexibility index (Phi) is 8.53. The third-order valence-corrected chi connectivity index (χ3v) is 7.37. The van der Waals surface area contributed by atoms with Crippen molar-refractivity contribution in [3.05, 3.63) is 72.3 Å². The van der Waals surface area contributed by atoms with Crippen LogP contribution in [-0.4, -0.2) is 32.2 Å². The van der Waals surface area contributed by atoms with E-state index in [0.717, 1.165) is 27.7 Å². The highest BCUT2D eigenvalue weighted by atomic mass is 15.3. The van der Waals surface area contributed by atoms with Crippen molar-refractivity contribution in [3.63, 3.8) is 0 Å². The number of anilines is 2. The van der Waals surface area contributed by atoms with Gasteiger partial charge in [0.15, 0.2) is 0 Å². The molecule has 0 aromatic heterocycles. The number of fused-ring (bicyclic) bond motifs is 3. The molecule has 36 heavy (non-hydrogen) atoms. The van der Waals surface area contributed by atoms with Crippen LogP contribution >= 0.6 is 0 Å². The first-order chi connectivity index (χ1) is 17.3. The Morgan fingerprint density at radius 3 is 1.97 bits per heavy atom. The Labute approximate surface area is 217 Å². The summed E-state index contributed by atoms with van der Waals surface area (Å²) in [6, 6.07) is 23.5. The average molecular weight is 483 g/mol. The van der Waals surface area contributed by atoms with E-state index < -0.39 is 0 Å². The fraction of sp³-hybridized carbons (Fsp3) is 0.394. The van der Waals surface area contributed by atoms with Gasteiger partial charge in [-0.2, -0.15) is 0 Å². The molecule has 0 unspecified atom stereocenters. The smallest absolute Gasteiger partial charge is 0.0780 e. The summed E-state index contributed by atoms with van der Waals surface area (Å²) in [4.78, 5) is 0. The molecule has 0 bridgehead atoms. The minimum absolute atomic E-state index is 0.797. The van der Waals surface area contributed by atoms with Gasteiger partial charge >= 0.3 is 0 Å². The van der Waals surface area contributed by atoms with Gasteiger partial charge in [0.05, 0.1) is 27.7 Å². The van der Waals surface area contributed by atoms with E-state index >= 15 is 0 Å². The normalized spacial score (nSPS) is 12.0. The van der Waals surface area contributed by atoms with Crippen molar-refractivity contribution in [1.82, 2.24) is 0 Å². The van der Waals surface area contributed by atoms with E-state index in [1.54, 1.807) is 0 Å². The molecule has 0 heterocycles. The molecule has 0 radical (unpaired) electrons. The maximum Gasteiger partial charge on any atom is 0.0780 e. The average Bonchev–Trinajstić information content (AvgIpc) is 2.85. The predicted octanol–water partition coefficient (Wildman–Crippen LogP) is 8.19.